The minimum atomic E-state index is 0.160. The molecule has 0 unspecified atom stereocenters. The molecule has 0 N–H and O–H groups in total. The van der Waals surface area contributed by atoms with Gasteiger partial charge in [-0.2, -0.15) is 0 Å². The lowest BCUT2D eigenvalue weighted by Gasteiger charge is -2.11. The zero-order valence-corrected chi connectivity index (χ0v) is 12.8. The summed E-state index contributed by atoms with van der Waals surface area (Å²) in [7, 11) is 1.62. The number of methoxy groups -OCH3 is 1. The number of ketones is 1. The highest BCUT2D eigenvalue weighted by Gasteiger charge is 2.27. The second-order valence-electron chi connectivity index (χ2n) is 4.00. The van der Waals surface area contributed by atoms with Gasteiger partial charge in [0.05, 0.1) is 12.7 Å². The van der Waals surface area contributed by atoms with E-state index in [-0.39, 0.29) is 5.78 Å². The van der Waals surface area contributed by atoms with E-state index in [1.807, 2.05) is 19.1 Å². The first-order valence-electron chi connectivity index (χ1n) is 5.31. The van der Waals surface area contributed by atoms with Crippen molar-refractivity contribution in [3.05, 3.63) is 38.0 Å². The molecule has 0 saturated carbocycles. The summed E-state index contributed by atoms with van der Waals surface area (Å²) in [6.45, 7) is 2.00. The standard InChI is InChI=1S/C13H12Br2O2/c1-7-5-8(14)6-9(15)12(7)13-10(16)3-4-11(13)17-2/h5-6H,3-4H2,1-2H3. The van der Waals surface area contributed by atoms with Crippen LogP contribution in [0.1, 0.15) is 24.0 Å². The summed E-state index contributed by atoms with van der Waals surface area (Å²) in [6, 6.07) is 3.96. The third-order valence-corrected chi connectivity index (χ3v) is 3.97. The Morgan fingerprint density at radius 1 is 1.24 bits per heavy atom. The van der Waals surface area contributed by atoms with Crippen LogP contribution in [-0.2, 0) is 9.53 Å². The van der Waals surface area contributed by atoms with Crippen molar-refractivity contribution >= 4 is 43.2 Å². The largest absolute Gasteiger partial charge is 0.500 e. The van der Waals surface area contributed by atoms with Crippen LogP contribution in [0.4, 0.5) is 0 Å². The van der Waals surface area contributed by atoms with E-state index < -0.39 is 0 Å². The second-order valence-corrected chi connectivity index (χ2v) is 5.77. The van der Waals surface area contributed by atoms with E-state index >= 15 is 0 Å². The number of Topliss-reactive ketones (excluding diaryl/α,β-unsaturated/α-hetero) is 1. The van der Waals surface area contributed by atoms with Crippen molar-refractivity contribution in [2.75, 3.05) is 7.11 Å². The molecule has 1 aliphatic carbocycles. The van der Waals surface area contributed by atoms with Crippen molar-refractivity contribution in [1.82, 2.24) is 0 Å². The van der Waals surface area contributed by atoms with E-state index in [2.05, 4.69) is 31.9 Å². The molecule has 0 amide bonds. The first kappa shape index (κ1) is 12.8. The minimum Gasteiger partial charge on any atom is -0.500 e. The monoisotopic (exact) mass is 358 g/mol. The van der Waals surface area contributed by atoms with Crippen LogP contribution in [-0.4, -0.2) is 12.9 Å². The lowest BCUT2D eigenvalue weighted by atomic mass is 9.99. The van der Waals surface area contributed by atoms with Gasteiger partial charge >= 0.3 is 0 Å². The molecule has 0 heterocycles. The van der Waals surface area contributed by atoms with Gasteiger partial charge in [0.15, 0.2) is 5.78 Å². The van der Waals surface area contributed by atoms with Crippen LogP contribution in [0.15, 0.2) is 26.8 Å². The third kappa shape index (κ3) is 2.33. The van der Waals surface area contributed by atoms with Gasteiger partial charge in [0.1, 0.15) is 5.76 Å². The predicted molar refractivity (Wildman–Crippen MR) is 74.7 cm³/mol. The number of benzene rings is 1. The zero-order valence-electron chi connectivity index (χ0n) is 9.64. The van der Waals surface area contributed by atoms with Gasteiger partial charge < -0.3 is 4.74 Å². The number of aryl methyl sites for hydroxylation is 1. The highest BCUT2D eigenvalue weighted by molar-refractivity contribution is 9.11. The second kappa shape index (κ2) is 4.94. The molecule has 4 heteroatoms. The van der Waals surface area contributed by atoms with E-state index in [4.69, 9.17) is 4.74 Å². The molecular formula is C13H12Br2O2. The van der Waals surface area contributed by atoms with Crippen LogP contribution in [0.25, 0.3) is 5.57 Å². The number of rotatable bonds is 2. The highest BCUT2D eigenvalue weighted by atomic mass is 79.9. The van der Waals surface area contributed by atoms with Crippen LogP contribution < -0.4 is 0 Å². The molecule has 0 saturated heterocycles. The van der Waals surface area contributed by atoms with Crippen molar-refractivity contribution in [2.45, 2.75) is 19.8 Å². The molecule has 17 heavy (non-hydrogen) atoms. The summed E-state index contributed by atoms with van der Waals surface area (Å²) < 4.78 is 7.23. The highest BCUT2D eigenvalue weighted by Crippen LogP contribution is 2.38. The van der Waals surface area contributed by atoms with Crippen molar-refractivity contribution in [3.8, 4) is 0 Å². The molecule has 1 aromatic carbocycles. The molecule has 0 atom stereocenters. The van der Waals surface area contributed by atoms with E-state index in [9.17, 15) is 4.79 Å². The summed E-state index contributed by atoms with van der Waals surface area (Å²) in [5, 5.41) is 0. The van der Waals surface area contributed by atoms with Crippen molar-refractivity contribution in [1.29, 1.82) is 0 Å². The van der Waals surface area contributed by atoms with Crippen LogP contribution >= 0.6 is 31.9 Å². The molecule has 0 spiro atoms. The Bertz CT molecular complexity index is 495. The summed E-state index contributed by atoms with van der Waals surface area (Å²) in [4.78, 5) is 12.0. The van der Waals surface area contributed by atoms with Crippen molar-refractivity contribution in [3.63, 3.8) is 0 Å². The maximum Gasteiger partial charge on any atom is 0.167 e. The summed E-state index contributed by atoms with van der Waals surface area (Å²) in [5.74, 6) is 0.953. The van der Waals surface area contributed by atoms with Gasteiger partial charge in [-0.05, 0) is 24.6 Å². The Labute approximate surface area is 117 Å². The molecule has 0 bridgehead atoms. The first-order chi connectivity index (χ1) is 8.04. The first-order valence-corrected chi connectivity index (χ1v) is 6.89. The lowest BCUT2D eigenvalue weighted by Crippen LogP contribution is -2.00. The fourth-order valence-corrected chi connectivity index (χ4v) is 3.77. The normalized spacial score (nSPS) is 15.6. The fraction of sp³-hybridized carbons (Fsp3) is 0.308. The van der Waals surface area contributed by atoms with Crippen LogP contribution in [0.2, 0.25) is 0 Å². The summed E-state index contributed by atoms with van der Waals surface area (Å²) in [5.41, 5.74) is 2.74. The van der Waals surface area contributed by atoms with Gasteiger partial charge in [0.2, 0.25) is 0 Å². The number of allylic oxidation sites excluding steroid dienone is 2. The van der Waals surface area contributed by atoms with Gasteiger partial charge in [-0.15, -0.1) is 0 Å². The van der Waals surface area contributed by atoms with Crippen LogP contribution in [0, 0.1) is 6.92 Å². The van der Waals surface area contributed by atoms with Crippen molar-refractivity contribution in [2.24, 2.45) is 0 Å². The lowest BCUT2D eigenvalue weighted by molar-refractivity contribution is -0.113. The molecule has 90 valence electrons. The number of carbonyl (C=O) groups excluding carboxylic acids is 1. The maximum atomic E-state index is 12.0. The smallest absolute Gasteiger partial charge is 0.167 e. The predicted octanol–water partition coefficient (Wildman–Crippen LogP) is 4.24. The van der Waals surface area contributed by atoms with E-state index in [1.54, 1.807) is 7.11 Å². The molecule has 0 radical (unpaired) electrons. The van der Waals surface area contributed by atoms with E-state index in [0.29, 0.717) is 12.8 Å². The number of hydrogen-bond donors (Lipinski definition) is 0. The summed E-state index contributed by atoms with van der Waals surface area (Å²) in [6.07, 6.45) is 1.24. The number of carbonyl (C=O) groups is 1. The molecule has 2 nitrogen and oxygen atoms in total. The number of halogens is 2. The Balaban J connectivity index is 2.65. The SMILES string of the molecule is COC1=C(c2c(C)cc(Br)cc2Br)C(=O)CC1. The zero-order chi connectivity index (χ0) is 12.6. The van der Waals surface area contributed by atoms with Gasteiger partial charge in [-0.3, -0.25) is 4.79 Å². The Morgan fingerprint density at radius 2 is 1.94 bits per heavy atom. The quantitative estimate of drug-likeness (QED) is 0.789. The number of hydrogen-bond acceptors (Lipinski definition) is 2. The molecule has 1 aliphatic rings. The third-order valence-electron chi connectivity index (χ3n) is 2.89. The van der Waals surface area contributed by atoms with Crippen LogP contribution in [0.5, 0.6) is 0 Å². The van der Waals surface area contributed by atoms with Gasteiger partial charge in [0, 0.05) is 27.4 Å². The molecule has 2 rings (SSSR count). The van der Waals surface area contributed by atoms with Crippen molar-refractivity contribution < 1.29 is 9.53 Å². The Kier molecular flexibility index (Phi) is 3.73. The van der Waals surface area contributed by atoms with Gasteiger partial charge in [-0.1, -0.05) is 31.9 Å². The molecular weight excluding hydrogens is 348 g/mol. The molecule has 1 aromatic rings. The van der Waals surface area contributed by atoms with Crippen LogP contribution in [0.3, 0.4) is 0 Å². The summed E-state index contributed by atoms with van der Waals surface area (Å²) >= 11 is 6.96. The minimum absolute atomic E-state index is 0.160. The average Bonchev–Trinajstić information content (AvgIpc) is 2.59. The fourth-order valence-electron chi connectivity index (χ4n) is 2.13. The van der Waals surface area contributed by atoms with E-state index in [0.717, 1.165) is 31.4 Å². The van der Waals surface area contributed by atoms with E-state index in [1.165, 1.54) is 0 Å². The average molecular weight is 360 g/mol. The molecule has 0 aliphatic heterocycles. The molecule has 0 aromatic heterocycles. The molecule has 0 fully saturated rings. The van der Waals surface area contributed by atoms with Gasteiger partial charge in [-0.25, -0.2) is 0 Å². The number of ether oxygens (including phenoxy) is 1. The topological polar surface area (TPSA) is 26.3 Å². The Morgan fingerprint density at radius 3 is 2.53 bits per heavy atom. The maximum absolute atomic E-state index is 12.0. The van der Waals surface area contributed by atoms with Gasteiger partial charge in [0.25, 0.3) is 0 Å². The Hall–Kier alpha value is -0.610.